The molecule has 0 spiro atoms. The Bertz CT molecular complexity index is 386. The maximum Gasteiger partial charge on any atom is 0.324 e. The lowest BCUT2D eigenvalue weighted by atomic mass is 10.0. The van der Waals surface area contributed by atoms with Crippen molar-refractivity contribution in [3.63, 3.8) is 0 Å². The molecule has 0 N–H and O–H groups in total. The van der Waals surface area contributed by atoms with Crippen molar-refractivity contribution in [2.24, 2.45) is 5.92 Å². The molecular weight excluding hydrogens is 242 g/mol. The number of sulfonamides is 1. The SMILES string of the molecule is C=CCN([C@H](C(=O)OC)C(C)C)S(=O)(=O)C=C. The maximum absolute atomic E-state index is 11.8. The van der Waals surface area contributed by atoms with Crippen molar-refractivity contribution in [1.29, 1.82) is 0 Å². The third-order valence-electron chi connectivity index (χ3n) is 2.23. The van der Waals surface area contributed by atoms with Gasteiger partial charge in [-0.2, -0.15) is 4.31 Å². The molecule has 0 aromatic heterocycles. The Hall–Kier alpha value is -1.14. The van der Waals surface area contributed by atoms with Crippen LogP contribution in [0.3, 0.4) is 0 Å². The molecule has 0 fully saturated rings. The normalized spacial score (nSPS) is 13.5. The van der Waals surface area contributed by atoms with E-state index in [0.717, 1.165) is 9.71 Å². The molecule has 0 heterocycles. The quantitative estimate of drug-likeness (QED) is 0.509. The van der Waals surface area contributed by atoms with Gasteiger partial charge in [-0.1, -0.05) is 26.5 Å². The molecule has 0 unspecified atom stereocenters. The standard InChI is InChI=1S/C11H19NO4S/c1-6-8-12(17(14,15)7-2)10(9(3)4)11(13)16-5/h6-7,9-10H,1-2,8H2,3-5H3/t10-/m0/s1. The van der Waals surface area contributed by atoms with E-state index in [9.17, 15) is 13.2 Å². The molecule has 0 saturated heterocycles. The van der Waals surface area contributed by atoms with E-state index in [1.165, 1.54) is 13.2 Å². The Morgan fingerprint density at radius 1 is 1.41 bits per heavy atom. The van der Waals surface area contributed by atoms with Gasteiger partial charge in [0.25, 0.3) is 0 Å². The first-order valence-corrected chi connectivity index (χ1v) is 6.65. The summed E-state index contributed by atoms with van der Waals surface area (Å²) >= 11 is 0. The topological polar surface area (TPSA) is 63.7 Å². The lowest BCUT2D eigenvalue weighted by Gasteiger charge is -2.29. The molecule has 0 amide bonds. The van der Waals surface area contributed by atoms with E-state index in [2.05, 4.69) is 17.9 Å². The number of hydrogen-bond acceptors (Lipinski definition) is 4. The highest BCUT2D eigenvalue weighted by molar-refractivity contribution is 7.92. The highest BCUT2D eigenvalue weighted by Gasteiger charge is 2.35. The summed E-state index contributed by atoms with van der Waals surface area (Å²) in [4.78, 5) is 11.6. The number of carbonyl (C=O) groups excluding carboxylic acids is 1. The summed E-state index contributed by atoms with van der Waals surface area (Å²) in [7, 11) is -2.47. The summed E-state index contributed by atoms with van der Waals surface area (Å²) in [6.45, 7) is 10.3. The van der Waals surface area contributed by atoms with Crippen LogP contribution >= 0.6 is 0 Å². The molecule has 0 aliphatic rings. The average molecular weight is 261 g/mol. The van der Waals surface area contributed by atoms with Gasteiger partial charge in [-0.25, -0.2) is 8.42 Å². The maximum atomic E-state index is 11.8. The highest BCUT2D eigenvalue weighted by atomic mass is 32.2. The molecule has 0 aliphatic carbocycles. The van der Waals surface area contributed by atoms with Gasteiger partial charge in [-0.15, -0.1) is 6.58 Å². The van der Waals surface area contributed by atoms with E-state index in [1.807, 2.05) is 0 Å². The minimum Gasteiger partial charge on any atom is -0.468 e. The third kappa shape index (κ3) is 3.98. The molecule has 0 bridgehead atoms. The smallest absolute Gasteiger partial charge is 0.324 e. The molecule has 0 aliphatic heterocycles. The van der Waals surface area contributed by atoms with Crippen molar-refractivity contribution in [2.75, 3.05) is 13.7 Å². The van der Waals surface area contributed by atoms with E-state index in [0.29, 0.717) is 0 Å². The Balaban J connectivity index is 5.46. The second-order valence-electron chi connectivity index (χ2n) is 3.78. The number of nitrogens with zero attached hydrogens (tertiary/aromatic N) is 1. The van der Waals surface area contributed by atoms with Crippen LogP contribution in [0.4, 0.5) is 0 Å². The highest BCUT2D eigenvalue weighted by Crippen LogP contribution is 2.17. The van der Waals surface area contributed by atoms with Crippen molar-refractivity contribution in [2.45, 2.75) is 19.9 Å². The van der Waals surface area contributed by atoms with Crippen molar-refractivity contribution in [1.82, 2.24) is 4.31 Å². The molecule has 0 saturated carbocycles. The molecule has 0 aromatic carbocycles. The molecular formula is C11H19NO4S. The number of esters is 1. The Kier molecular flexibility index (Phi) is 6.12. The van der Waals surface area contributed by atoms with Crippen LogP contribution in [-0.4, -0.2) is 38.4 Å². The Morgan fingerprint density at radius 2 is 1.94 bits per heavy atom. The van der Waals surface area contributed by atoms with Crippen LogP contribution in [0.25, 0.3) is 0 Å². The van der Waals surface area contributed by atoms with Gasteiger partial charge in [0.15, 0.2) is 0 Å². The van der Waals surface area contributed by atoms with Crippen molar-refractivity contribution in [3.05, 3.63) is 24.6 Å². The first-order valence-electron chi connectivity index (χ1n) is 5.14. The van der Waals surface area contributed by atoms with Gasteiger partial charge < -0.3 is 4.74 Å². The number of ether oxygens (including phenoxy) is 1. The third-order valence-corrected chi connectivity index (χ3v) is 3.68. The summed E-state index contributed by atoms with van der Waals surface area (Å²) in [6, 6.07) is -0.874. The number of methoxy groups -OCH3 is 1. The molecule has 1 atom stereocenters. The Morgan fingerprint density at radius 3 is 2.24 bits per heavy atom. The zero-order valence-corrected chi connectivity index (χ0v) is 11.2. The molecule has 6 heteroatoms. The molecule has 17 heavy (non-hydrogen) atoms. The average Bonchev–Trinajstić information content (AvgIpc) is 2.27. The lowest BCUT2D eigenvalue weighted by Crippen LogP contribution is -2.47. The van der Waals surface area contributed by atoms with Crippen molar-refractivity contribution >= 4 is 16.0 Å². The Labute approximate surface area is 103 Å². The van der Waals surface area contributed by atoms with E-state index >= 15 is 0 Å². The van der Waals surface area contributed by atoms with Crippen LogP contribution in [0.15, 0.2) is 24.6 Å². The molecule has 0 aromatic rings. The summed E-state index contributed by atoms with van der Waals surface area (Å²) < 4.78 is 29.3. The van der Waals surface area contributed by atoms with Crippen LogP contribution in [0.5, 0.6) is 0 Å². The van der Waals surface area contributed by atoms with Gasteiger partial charge in [0.2, 0.25) is 10.0 Å². The van der Waals surface area contributed by atoms with Crippen molar-refractivity contribution in [3.8, 4) is 0 Å². The van der Waals surface area contributed by atoms with Gasteiger partial charge >= 0.3 is 5.97 Å². The van der Waals surface area contributed by atoms with E-state index in [4.69, 9.17) is 0 Å². The van der Waals surface area contributed by atoms with Gasteiger partial charge in [0.05, 0.1) is 7.11 Å². The number of rotatable bonds is 7. The van der Waals surface area contributed by atoms with Crippen LogP contribution in [0, 0.1) is 5.92 Å². The molecule has 0 radical (unpaired) electrons. The fraction of sp³-hybridized carbons (Fsp3) is 0.545. The van der Waals surface area contributed by atoms with E-state index < -0.39 is 22.0 Å². The zero-order valence-electron chi connectivity index (χ0n) is 10.4. The van der Waals surface area contributed by atoms with Crippen LogP contribution in [0.2, 0.25) is 0 Å². The summed E-state index contributed by atoms with van der Waals surface area (Å²) in [5.74, 6) is -0.801. The molecule has 0 rings (SSSR count). The monoisotopic (exact) mass is 261 g/mol. The second-order valence-corrected chi connectivity index (χ2v) is 5.61. The first-order chi connectivity index (χ1) is 7.81. The van der Waals surface area contributed by atoms with Gasteiger partial charge in [-0.3, -0.25) is 4.79 Å². The van der Waals surface area contributed by atoms with Crippen LogP contribution < -0.4 is 0 Å². The largest absolute Gasteiger partial charge is 0.468 e. The predicted molar refractivity (Wildman–Crippen MR) is 66.7 cm³/mol. The first kappa shape index (κ1) is 15.9. The van der Waals surface area contributed by atoms with E-state index in [1.54, 1.807) is 13.8 Å². The van der Waals surface area contributed by atoms with E-state index in [-0.39, 0.29) is 12.5 Å². The lowest BCUT2D eigenvalue weighted by molar-refractivity contribution is -0.146. The summed E-state index contributed by atoms with van der Waals surface area (Å²) in [6.07, 6.45) is 1.42. The van der Waals surface area contributed by atoms with Gasteiger partial charge in [0, 0.05) is 12.0 Å². The zero-order chi connectivity index (χ0) is 13.6. The number of hydrogen-bond donors (Lipinski definition) is 0. The predicted octanol–water partition coefficient (Wildman–Crippen LogP) is 1.15. The summed E-state index contributed by atoms with van der Waals surface area (Å²) in [5, 5.41) is 0.814. The molecule has 98 valence electrons. The van der Waals surface area contributed by atoms with Gasteiger partial charge in [-0.05, 0) is 5.92 Å². The number of carbonyl (C=O) groups is 1. The molecule has 5 nitrogen and oxygen atoms in total. The fourth-order valence-electron chi connectivity index (χ4n) is 1.44. The van der Waals surface area contributed by atoms with Crippen LogP contribution in [0.1, 0.15) is 13.8 Å². The fourth-order valence-corrected chi connectivity index (χ4v) is 2.59. The second kappa shape index (κ2) is 6.56. The van der Waals surface area contributed by atoms with Gasteiger partial charge in [0.1, 0.15) is 6.04 Å². The minimum atomic E-state index is -3.70. The minimum absolute atomic E-state index is 0.0340. The summed E-state index contributed by atoms with van der Waals surface area (Å²) in [5.41, 5.74) is 0. The van der Waals surface area contributed by atoms with Crippen LogP contribution in [-0.2, 0) is 19.6 Å². The van der Waals surface area contributed by atoms with Crippen molar-refractivity contribution < 1.29 is 17.9 Å².